The summed E-state index contributed by atoms with van der Waals surface area (Å²) in [5.41, 5.74) is 3.33. The highest BCUT2D eigenvalue weighted by Crippen LogP contribution is 2.34. The quantitative estimate of drug-likeness (QED) is 0.484. The Balaban J connectivity index is 1.57. The number of aryl methyl sites for hydroxylation is 1. The van der Waals surface area contributed by atoms with E-state index in [4.69, 9.17) is 4.74 Å². The first-order chi connectivity index (χ1) is 18.2. The van der Waals surface area contributed by atoms with Gasteiger partial charge in [0.05, 0.1) is 30.9 Å². The van der Waals surface area contributed by atoms with Crippen molar-refractivity contribution in [1.29, 1.82) is 0 Å². The molecule has 10 heteroatoms. The average molecular weight is 523 g/mol. The Bertz CT molecular complexity index is 1190. The second-order valence-electron chi connectivity index (χ2n) is 9.83. The van der Waals surface area contributed by atoms with Crippen LogP contribution in [0.5, 0.6) is 0 Å². The number of methoxy groups -OCH3 is 1. The lowest BCUT2D eigenvalue weighted by Gasteiger charge is -2.26. The minimum Gasteiger partial charge on any atom is -0.481 e. The summed E-state index contributed by atoms with van der Waals surface area (Å²) in [6.45, 7) is 4.18. The summed E-state index contributed by atoms with van der Waals surface area (Å²) in [5, 5.41) is 15.3. The van der Waals surface area contributed by atoms with Crippen molar-refractivity contribution >= 4 is 35.3 Å². The fourth-order valence-corrected chi connectivity index (χ4v) is 4.57. The summed E-state index contributed by atoms with van der Waals surface area (Å²) >= 11 is 0. The molecule has 10 nitrogen and oxygen atoms in total. The highest BCUT2D eigenvalue weighted by atomic mass is 16.5. The second kappa shape index (κ2) is 12.0. The molecule has 0 aromatic heterocycles. The molecule has 1 aliphatic heterocycles. The Morgan fingerprint density at radius 3 is 2.42 bits per heavy atom. The maximum atomic E-state index is 13.3. The number of carbonyl (C=O) groups excluding carboxylic acids is 3. The zero-order chi connectivity index (χ0) is 27.2. The molecule has 1 atom stereocenters. The molecule has 1 heterocycles. The number of hydrogen-bond acceptors (Lipinski definition) is 6. The van der Waals surface area contributed by atoms with Crippen molar-refractivity contribution in [2.75, 3.05) is 43.5 Å². The fraction of sp³-hybridized carbons (Fsp3) is 0.429. The number of hydrogen-bond donors (Lipinski definition) is 3. The van der Waals surface area contributed by atoms with Gasteiger partial charge in [-0.25, -0.2) is 4.79 Å². The maximum absolute atomic E-state index is 13.3. The number of aliphatic carboxylic acids is 1. The van der Waals surface area contributed by atoms with Crippen molar-refractivity contribution in [2.24, 2.45) is 5.92 Å². The predicted molar refractivity (Wildman–Crippen MR) is 142 cm³/mol. The Labute approximate surface area is 221 Å². The van der Waals surface area contributed by atoms with Gasteiger partial charge in [-0.2, -0.15) is 0 Å². The molecule has 2 fully saturated rings. The van der Waals surface area contributed by atoms with E-state index in [-0.39, 0.29) is 24.3 Å². The topological polar surface area (TPSA) is 128 Å². The molecule has 1 saturated heterocycles. The number of ether oxygens (including phenoxy) is 1. The third-order valence-electron chi connectivity index (χ3n) is 6.90. The van der Waals surface area contributed by atoms with Crippen molar-refractivity contribution in [1.82, 2.24) is 10.2 Å². The lowest BCUT2D eigenvalue weighted by molar-refractivity contribution is -0.137. The van der Waals surface area contributed by atoms with Crippen molar-refractivity contribution in [3.8, 4) is 0 Å². The number of carboxylic acids is 1. The van der Waals surface area contributed by atoms with Crippen LogP contribution in [0.25, 0.3) is 0 Å². The summed E-state index contributed by atoms with van der Waals surface area (Å²) < 4.78 is 4.86. The van der Waals surface area contributed by atoms with Crippen LogP contribution in [0.4, 0.5) is 16.2 Å². The van der Waals surface area contributed by atoms with Crippen molar-refractivity contribution in [3.05, 3.63) is 59.2 Å². The van der Waals surface area contributed by atoms with E-state index in [1.54, 1.807) is 23.1 Å². The van der Waals surface area contributed by atoms with Crippen molar-refractivity contribution in [2.45, 2.75) is 38.6 Å². The minimum absolute atomic E-state index is 0.0271. The van der Waals surface area contributed by atoms with E-state index in [1.807, 2.05) is 31.2 Å². The summed E-state index contributed by atoms with van der Waals surface area (Å²) in [5.74, 6) is -1.57. The molecule has 3 amide bonds. The van der Waals surface area contributed by atoms with E-state index in [1.165, 1.54) is 7.11 Å². The van der Waals surface area contributed by atoms with Crippen molar-refractivity contribution in [3.63, 3.8) is 0 Å². The van der Waals surface area contributed by atoms with Crippen LogP contribution < -0.4 is 15.5 Å². The van der Waals surface area contributed by atoms with Crippen LogP contribution in [0.1, 0.15) is 53.2 Å². The second-order valence-corrected chi connectivity index (χ2v) is 9.83. The molecule has 0 spiro atoms. The normalized spacial score (nSPS) is 16.3. The van der Waals surface area contributed by atoms with Gasteiger partial charge in [-0.05, 0) is 49.9 Å². The Morgan fingerprint density at radius 1 is 1.03 bits per heavy atom. The summed E-state index contributed by atoms with van der Waals surface area (Å²) in [6.07, 6.45) is 1.77. The third kappa shape index (κ3) is 6.81. The first-order valence-electron chi connectivity index (χ1n) is 12.9. The highest BCUT2D eigenvalue weighted by Gasteiger charge is 2.31. The first-order valence-corrected chi connectivity index (χ1v) is 12.9. The largest absolute Gasteiger partial charge is 0.481 e. The number of nitrogens with zero attached hydrogens (tertiary/aromatic N) is 2. The number of carboxylic acid groups (broad SMARTS) is 1. The molecule has 4 rings (SSSR count). The number of nitrogens with one attached hydrogen (secondary N) is 2. The van der Waals surface area contributed by atoms with E-state index >= 15 is 0 Å². The van der Waals surface area contributed by atoms with Crippen LogP contribution in [-0.4, -0.2) is 67.2 Å². The van der Waals surface area contributed by atoms with Gasteiger partial charge in [-0.1, -0.05) is 29.8 Å². The average Bonchev–Trinajstić information content (AvgIpc) is 3.75. The molecule has 0 bridgehead atoms. The van der Waals surface area contributed by atoms with Crippen LogP contribution >= 0.6 is 0 Å². The predicted octanol–water partition coefficient (Wildman–Crippen LogP) is 3.57. The molecule has 2 aromatic carbocycles. The van der Waals surface area contributed by atoms with Gasteiger partial charge in [-0.15, -0.1) is 0 Å². The van der Waals surface area contributed by atoms with E-state index in [0.29, 0.717) is 43.0 Å². The van der Waals surface area contributed by atoms with E-state index < -0.39 is 17.9 Å². The smallest absolute Gasteiger partial charge is 0.409 e. The molecule has 1 saturated carbocycles. The van der Waals surface area contributed by atoms with Gasteiger partial charge in [0.1, 0.15) is 0 Å². The molecule has 2 aromatic rings. The lowest BCUT2D eigenvalue weighted by atomic mass is 10.0. The fourth-order valence-electron chi connectivity index (χ4n) is 4.57. The highest BCUT2D eigenvalue weighted by molar-refractivity contribution is 6.01. The number of amides is 3. The molecular weight excluding hydrogens is 488 g/mol. The van der Waals surface area contributed by atoms with Gasteiger partial charge < -0.3 is 30.3 Å². The minimum atomic E-state index is -1.02. The molecule has 38 heavy (non-hydrogen) atoms. The van der Waals surface area contributed by atoms with Crippen molar-refractivity contribution < 1.29 is 29.0 Å². The van der Waals surface area contributed by atoms with E-state index in [9.17, 15) is 24.3 Å². The molecule has 202 valence electrons. The number of rotatable bonds is 8. The summed E-state index contributed by atoms with van der Waals surface area (Å²) in [6, 6.07) is 11.8. The number of carbonyl (C=O) groups is 4. The summed E-state index contributed by atoms with van der Waals surface area (Å²) in [7, 11) is 1.36. The van der Waals surface area contributed by atoms with Gasteiger partial charge in [0.2, 0.25) is 5.91 Å². The molecule has 3 N–H and O–H groups in total. The zero-order valence-electron chi connectivity index (χ0n) is 21.7. The van der Waals surface area contributed by atoms with E-state index in [2.05, 4.69) is 15.5 Å². The van der Waals surface area contributed by atoms with Crippen LogP contribution in [0.15, 0.2) is 42.5 Å². The number of benzene rings is 2. The zero-order valence-corrected chi connectivity index (χ0v) is 21.7. The first kappa shape index (κ1) is 27.0. The van der Waals surface area contributed by atoms with Gasteiger partial charge >= 0.3 is 12.1 Å². The molecule has 2 aliphatic rings. The Hall–Kier alpha value is -4.08. The lowest BCUT2D eigenvalue weighted by Crippen LogP contribution is -2.35. The SMILES string of the molecule is COC(=O)N1CCCN(c2ccc(C(=O)NC(CC(=O)O)c3ccc(C)cc3)cc2NC(=O)C2CC2)CC1. The monoisotopic (exact) mass is 522 g/mol. The van der Waals surface area contributed by atoms with Gasteiger partial charge in [0, 0.05) is 37.7 Å². The van der Waals surface area contributed by atoms with E-state index in [0.717, 1.165) is 30.5 Å². The molecule has 1 unspecified atom stereocenters. The van der Waals surface area contributed by atoms with Crippen LogP contribution in [0.3, 0.4) is 0 Å². The molecule has 0 radical (unpaired) electrons. The molecular formula is C28H34N4O6. The molecule has 1 aliphatic carbocycles. The van der Waals surface area contributed by atoms with Gasteiger partial charge in [0.15, 0.2) is 0 Å². The summed E-state index contributed by atoms with van der Waals surface area (Å²) in [4.78, 5) is 53.2. The van der Waals surface area contributed by atoms with Gasteiger partial charge in [-0.3, -0.25) is 14.4 Å². The van der Waals surface area contributed by atoms with Crippen LogP contribution in [0.2, 0.25) is 0 Å². The van der Waals surface area contributed by atoms with Crippen LogP contribution in [-0.2, 0) is 14.3 Å². The Morgan fingerprint density at radius 2 is 1.76 bits per heavy atom. The van der Waals surface area contributed by atoms with Gasteiger partial charge in [0.25, 0.3) is 5.91 Å². The standard InChI is InChI=1S/C28H34N4O6/c1-18-4-6-19(7-5-18)22(17-25(33)34)29-27(36)21-10-11-24(23(16-21)30-26(35)20-8-9-20)31-12-3-13-32(15-14-31)28(37)38-2/h4-7,10-11,16,20,22H,3,8-9,12-15,17H2,1-2H3,(H,29,36)(H,30,35)(H,33,34). The number of anilines is 2. The Kier molecular flexibility index (Phi) is 8.50. The van der Waals surface area contributed by atoms with Crippen LogP contribution in [0, 0.1) is 12.8 Å². The maximum Gasteiger partial charge on any atom is 0.409 e. The third-order valence-corrected chi connectivity index (χ3v) is 6.90.